The van der Waals surface area contributed by atoms with Crippen LogP contribution in [0.3, 0.4) is 0 Å². The lowest BCUT2D eigenvalue weighted by Gasteiger charge is -2.31. The van der Waals surface area contributed by atoms with E-state index in [4.69, 9.17) is 5.73 Å². The summed E-state index contributed by atoms with van der Waals surface area (Å²) in [4.78, 5) is 0. The third kappa shape index (κ3) is 3.53. The Hall–Kier alpha value is -0.890. The molecule has 0 spiro atoms. The Bertz CT molecular complexity index is 364. The number of hydrogen-bond acceptors (Lipinski definition) is 1. The summed E-state index contributed by atoms with van der Waals surface area (Å²) in [6.45, 7) is 2.31. The minimum atomic E-state index is -0.160. The molecule has 3 atom stereocenters. The zero-order chi connectivity index (χ0) is 12.3. The Labute approximate surface area is 103 Å². The Morgan fingerprint density at radius 2 is 2.24 bits per heavy atom. The summed E-state index contributed by atoms with van der Waals surface area (Å²) in [7, 11) is 0. The van der Waals surface area contributed by atoms with Gasteiger partial charge in [0.1, 0.15) is 5.82 Å². The monoisotopic (exact) mass is 235 g/mol. The molecule has 1 saturated carbocycles. The zero-order valence-corrected chi connectivity index (χ0v) is 10.5. The van der Waals surface area contributed by atoms with Crippen LogP contribution in [-0.2, 0) is 6.42 Å². The van der Waals surface area contributed by atoms with Crippen molar-refractivity contribution in [3.63, 3.8) is 0 Å². The largest absolute Gasteiger partial charge is 0.327 e. The van der Waals surface area contributed by atoms with Crippen molar-refractivity contribution in [1.82, 2.24) is 0 Å². The van der Waals surface area contributed by atoms with E-state index in [9.17, 15) is 4.39 Å². The molecule has 2 N–H and O–H groups in total. The van der Waals surface area contributed by atoms with E-state index in [0.717, 1.165) is 17.9 Å². The summed E-state index contributed by atoms with van der Waals surface area (Å²) < 4.78 is 13.1. The molecular formula is C15H22FN. The number of benzene rings is 1. The molecule has 0 aromatic heterocycles. The third-order valence-electron chi connectivity index (χ3n) is 3.94. The molecule has 0 saturated heterocycles. The molecule has 0 aliphatic heterocycles. The molecule has 1 nitrogen and oxygen atoms in total. The smallest absolute Gasteiger partial charge is 0.123 e. The molecule has 0 radical (unpaired) electrons. The third-order valence-corrected chi connectivity index (χ3v) is 3.94. The number of rotatable bonds is 3. The Morgan fingerprint density at radius 3 is 2.94 bits per heavy atom. The topological polar surface area (TPSA) is 26.0 Å². The molecule has 0 amide bonds. The van der Waals surface area contributed by atoms with E-state index in [1.807, 2.05) is 6.07 Å². The van der Waals surface area contributed by atoms with Gasteiger partial charge in [0.25, 0.3) is 0 Å². The van der Waals surface area contributed by atoms with Crippen LogP contribution in [0.4, 0.5) is 4.39 Å². The number of nitrogens with two attached hydrogens (primary N) is 1. The normalized spacial score (nSPS) is 26.8. The average molecular weight is 235 g/mol. The van der Waals surface area contributed by atoms with Gasteiger partial charge in [-0.15, -0.1) is 0 Å². The SMILES string of the molecule is CC1CCCC(C(N)Cc2cccc(F)c2)C1. The second kappa shape index (κ2) is 5.63. The fraction of sp³-hybridized carbons (Fsp3) is 0.600. The summed E-state index contributed by atoms with van der Waals surface area (Å²) in [5.74, 6) is 1.25. The van der Waals surface area contributed by atoms with Crippen LogP contribution < -0.4 is 5.73 Å². The number of hydrogen-bond donors (Lipinski definition) is 1. The van der Waals surface area contributed by atoms with Crippen LogP contribution >= 0.6 is 0 Å². The van der Waals surface area contributed by atoms with E-state index in [1.54, 1.807) is 12.1 Å². The highest BCUT2D eigenvalue weighted by Gasteiger charge is 2.24. The first-order valence-corrected chi connectivity index (χ1v) is 6.65. The van der Waals surface area contributed by atoms with Gasteiger partial charge in [0.2, 0.25) is 0 Å². The van der Waals surface area contributed by atoms with Crippen molar-refractivity contribution < 1.29 is 4.39 Å². The second-order valence-corrected chi connectivity index (χ2v) is 5.53. The average Bonchev–Trinajstić information content (AvgIpc) is 2.29. The predicted molar refractivity (Wildman–Crippen MR) is 69.2 cm³/mol. The first kappa shape index (κ1) is 12.6. The lowest BCUT2D eigenvalue weighted by Crippen LogP contribution is -2.35. The van der Waals surface area contributed by atoms with Crippen LogP contribution in [0.25, 0.3) is 0 Å². The molecule has 1 aromatic carbocycles. The quantitative estimate of drug-likeness (QED) is 0.852. The highest BCUT2D eigenvalue weighted by atomic mass is 19.1. The second-order valence-electron chi connectivity index (χ2n) is 5.53. The summed E-state index contributed by atoms with van der Waals surface area (Å²) in [6.07, 6.45) is 5.90. The maximum absolute atomic E-state index is 13.1. The highest BCUT2D eigenvalue weighted by molar-refractivity contribution is 5.17. The van der Waals surface area contributed by atoms with Crippen LogP contribution in [-0.4, -0.2) is 6.04 Å². The standard InChI is InChI=1S/C15H22FN/c1-11-4-2-6-13(8-11)15(17)10-12-5-3-7-14(16)9-12/h3,5,7,9,11,13,15H,2,4,6,8,10,17H2,1H3. The van der Waals surface area contributed by atoms with Gasteiger partial charge in [-0.3, -0.25) is 0 Å². The molecular weight excluding hydrogens is 213 g/mol. The van der Waals surface area contributed by atoms with Crippen molar-refractivity contribution in [3.05, 3.63) is 35.6 Å². The van der Waals surface area contributed by atoms with Gasteiger partial charge in [-0.2, -0.15) is 0 Å². The van der Waals surface area contributed by atoms with Crippen molar-refractivity contribution in [2.75, 3.05) is 0 Å². The molecule has 94 valence electrons. The molecule has 3 unspecified atom stereocenters. The van der Waals surface area contributed by atoms with E-state index < -0.39 is 0 Å². The van der Waals surface area contributed by atoms with Gasteiger partial charge in [-0.1, -0.05) is 31.9 Å². The van der Waals surface area contributed by atoms with E-state index in [2.05, 4.69) is 6.92 Å². The van der Waals surface area contributed by atoms with E-state index in [-0.39, 0.29) is 11.9 Å². The minimum Gasteiger partial charge on any atom is -0.327 e. The molecule has 0 bridgehead atoms. The predicted octanol–water partition coefficient (Wildman–Crippen LogP) is 3.52. The summed E-state index contributed by atoms with van der Waals surface area (Å²) in [6, 6.07) is 7.00. The molecule has 1 aliphatic carbocycles. The zero-order valence-electron chi connectivity index (χ0n) is 10.5. The van der Waals surface area contributed by atoms with Gasteiger partial charge >= 0.3 is 0 Å². The van der Waals surface area contributed by atoms with Crippen LogP contribution in [0.15, 0.2) is 24.3 Å². The van der Waals surface area contributed by atoms with Crippen LogP contribution in [0, 0.1) is 17.7 Å². The van der Waals surface area contributed by atoms with Crippen LogP contribution in [0.2, 0.25) is 0 Å². The van der Waals surface area contributed by atoms with Gasteiger partial charge in [-0.05, 0) is 48.8 Å². The van der Waals surface area contributed by atoms with Gasteiger partial charge in [0.15, 0.2) is 0 Å². The molecule has 2 heteroatoms. The summed E-state index contributed by atoms with van der Waals surface area (Å²) >= 11 is 0. The van der Waals surface area contributed by atoms with E-state index in [1.165, 1.54) is 31.7 Å². The van der Waals surface area contributed by atoms with Crippen molar-refractivity contribution >= 4 is 0 Å². The molecule has 17 heavy (non-hydrogen) atoms. The van der Waals surface area contributed by atoms with Crippen molar-refractivity contribution in [2.45, 2.75) is 45.1 Å². The van der Waals surface area contributed by atoms with E-state index >= 15 is 0 Å². The van der Waals surface area contributed by atoms with Crippen LogP contribution in [0.5, 0.6) is 0 Å². The summed E-state index contributed by atoms with van der Waals surface area (Å²) in [5.41, 5.74) is 7.29. The molecule has 1 fully saturated rings. The van der Waals surface area contributed by atoms with Gasteiger partial charge in [-0.25, -0.2) is 4.39 Å². The van der Waals surface area contributed by atoms with Crippen molar-refractivity contribution in [1.29, 1.82) is 0 Å². The fourth-order valence-electron chi connectivity index (χ4n) is 2.97. The van der Waals surface area contributed by atoms with Gasteiger partial charge in [0, 0.05) is 6.04 Å². The highest BCUT2D eigenvalue weighted by Crippen LogP contribution is 2.31. The fourth-order valence-corrected chi connectivity index (χ4v) is 2.97. The van der Waals surface area contributed by atoms with Gasteiger partial charge in [0.05, 0.1) is 0 Å². The summed E-state index contributed by atoms with van der Waals surface area (Å²) in [5, 5.41) is 0. The van der Waals surface area contributed by atoms with Crippen molar-refractivity contribution in [3.8, 4) is 0 Å². The molecule has 0 heterocycles. The molecule has 1 aliphatic rings. The first-order valence-electron chi connectivity index (χ1n) is 6.65. The minimum absolute atomic E-state index is 0.160. The lowest BCUT2D eigenvalue weighted by molar-refractivity contribution is 0.245. The Kier molecular flexibility index (Phi) is 4.16. The van der Waals surface area contributed by atoms with E-state index in [0.29, 0.717) is 5.92 Å². The van der Waals surface area contributed by atoms with Crippen LogP contribution in [0.1, 0.15) is 38.2 Å². The Balaban J connectivity index is 1.94. The first-order chi connectivity index (χ1) is 8.15. The maximum atomic E-state index is 13.1. The van der Waals surface area contributed by atoms with Gasteiger partial charge < -0.3 is 5.73 Å². The lowest BCUT2D eigenvalue weighted by atomic mass is 9.77. The maximum Gasteiger partial charge on any atom is 0.123 e. The Morgan fingerprint density at radius 1 is 1.41 bits per heavy atom. The number of halogens is 1. The molecule has 1 aromatic rings. The molecule has 2 rings (SSSR count). The van der Waals surface area contributed by atoms with Crippen molar-refractivity contribution in [2.24, 2.45) is 17.6 Å².